The van der Waals surface area contributed by atoms with Crippen LogP contribution in [0.3, 0.4) is 0 Å². The molecule has 190 valence electrons. The van der Waals surface area contributed by atoms with Gasteiger partial charge in [0, 0.05) is 0 Å². The fraction of sp³-hybridized carbons (Fsp3) is 0. The van der Waals surface area contributed by atoms with E-state index in [1.165, 1.54) is 12.1 Å². The Hall–Kier alpha value is -1.70. The van der Waals surface area contributed by atoms with Crippen LogP contribution in [0.5, 0.6) is 23.0 Å². The first-order valence-corrected chi connectivity index (χ1v) is 11.9. The van der Waals surface area contributed by atoms with E-state index < -0.39 is 0 Å². The van der Waals surface area contributed by atoms with Crippen molar-refractivity contribution in [1.29, 1.82) is 0 Å². The monoisotopic (exact) mass is 604 g/mol. The van der Waals surface area contributed by atoms with E-state index in [2.05, 4.69) is 10.2 Å². The van der Waals surface area contributed by atoms with Gasteiger partial charge in [-0.05, 0) is 55.2 Å². The van der Waals surface area contributed by atoms with Gasteiger partial charge in [-0.1, -0.05) is 83.7 Å². The second-order valence-corrected chi connectivity index (χ2v) is 9.22. The third-order valence-electron chi connectivity index (χ3n) is 7.15. The molecule has 0 radical (unpaired) electrons. The van der Waals surface area contributed by atoms with Gasteiger partial charge in [0.05, 0.1) is 22.5 Å². The summed E-state index contributed by atoms with van der Waals surface area (Å²) >= 11 is 0. The maximum absolute atomic E-state index is 13.2. The van der Waals surface area contributed by atoms with Crippen molar-refractivity contribution in [2.45, 2.75) is 0 Å². The number of nitrogen functional groups attached to an aromatic ring is 2. The van der Waals surface area contributed by atoms with Crippen molar-refractivity contribution in [1.82, 2.24) is 10.2 Å². The maximum Gasteiger partial charge on any atom is 1.00 e. The van der Waals surface area contributed by atoms with Gasteiger partial charge in [-0.3, -0.25) is 0 Å². The Kier molecular flexibility index (Phi) is 11.4. The summed E-state index contributed by atoms with van der Waals surface area (Å²) in [4.78, 5) is 0. The maximum atomic E-state index is 13.2. The van der Waals surface area contributed by atoms with E-state index in [1.807, 2.05) is 0 Å². The van der Waals surface area contributed by atoms with Crippen LogP contribution in [0.25, 0.3) is 66.0 Å². The summed E-state index contributed by atoms with van der Waals surface area (Å²) in [6.07, 6.45) is 0. The molecule has 7 aromatic rings. The Labute approximate surface area is 333 Å². The summed E-state index contributed by atoms with van der Waals surface area (Å²) in [5, 5.41) is 62.4. The molecule has 0 fully saturated rings. The molecule has 1 heterocycles. The number of aromatic nitrogens is 2. The van der Waals surface area contributed by atoms with E-state index in [-0.39, 0.29) is 208 Å². The predicted molar refractivity (Wildman–Crippen MR) is 142 cm³/mol. The molecule has 43 heavy (non-hydrogen) atoms. The van der Waals surface area contributed by atoms with Crippen LogP contribution in [0.2, 0.25) is 0 Å². The summed E-state index contributed by atoms with van der Waals surface area (Å²) in [6.45, 7) is 0. The Bertz CT molecular complexity index is 2020. The van der Waals surface area contributed by atoms with E-state index in [1.54, 1.807) is 60.7 Å². The Morgan fingerprint density at radius 2 is 0.767 bits per heavy atom. The molecule has 0 bridgehead atoms. The number of nitrogens with zero attached hydrogens (tertiary/aromatic N) is 2. The smallest absolute Gasteiger partial charge is 0.872 e. The molecule has 0 amide bonds. The molecule has 4 N–H and O–H groups in total. The molecule has 13 heteroatoms. The van der Waals surface area contributed by atoms with Crippen LogP contribution in [0.1, 0.15) is 0 Å². The summed E-state index contributed by atoms with van der Waals surface area (Å²) < 4.78 is 5.89. The summed E-state index contributed by atoms with van der Waals surface area (Å²) in [7, 11) is 0. The van der Waals surface area contributed by atoms with Crippen LogP contribution >= 0.6 is 0 Å². The summed E-state index contributed by atoms with van der Waals surface area (Å²) in [6, 6.07) is 19.2. The summed E-state index contributed by atoms with van der Waals surface area (Å²) in [5.74, 6) is -1.36. The van der Waals surface area contributed by atoms with Gasteiger partial charge >= 0.3 is 118 Å². The molecule has 0 spiro atoms. The molecule has 1 aromatic heterocycles. The first-order valence-electron chi connectivity index (χ1n) is 11.9. The van der Waals surface area contributed by atoms with Crippen LogP contribution in [0.15, 0.2) is 77.2 Å². The van der Waals surface area contributed by atoms with E-state index in [0.29, 0.717) is 10.8 Å². The Morgan fingerprint density at radius 3 is 1.12 bits per heavy atom. The first kappa shape index (κ1) is 35.8. The normalized spacial score (nSPS) is 10.6. The summed E-state index contributed by atoms with van der Waals surface area (Å²) in [5.41, 5.74) is 13.4. The first-order chi connectivity index (χ1) is 18.9. The largest absolute Gasteiger partial charge is 1.00 e. The van der Waals surface area contributed by atoms with Crippen molar-refractivity contribution in [3.05, 3.63) is 72.8 Å². The third kappa shape index (κ3) is 5.54. The van der Waals surface area contributed by atoms with Gasteiger partial charge in [-0.25, -0.2) is 0 Å². The van der Waals surface area contributed by atoms with Crippen molar-refractivity contribution in [2.75, 3.05) is 11.5 Å². The minimum absolute atomic E-state index is 0. The number of anilines is 2. The van der Waals surface area contributed by atoms with Crippen LogP contribution in [0, 0.1) is 0 Å². The fourth-order valence-corrected chi connectivity index (χ4v) is 5.24. The molecule has 0 aliphatic heterocycles. The molecular formula is C30H16N4Na4O5. The number of nitrogens with two attached hydrogens (primary N) is 2. The number of rotatable bonds is 2. The van der Waals surface area contributed by atoms with Crippen molar-refractivity contribution in [3.63, 3.8) is 0 Å². The zero-order valence-corrected chi connectivity index (χ0v) is 32.0. The van der Waals surface area contributed by atoms with E-state index in [4.69, 9.17) is 15.9 Å². The Balaban J connectivity index is 0.00000127. The van der Waals surface area contributed by atoms with Crippen LogP contribution < -0.4 is 150 Å². The van der Waals surface area contributed by atoms with Crippen molar-refractivity contribution >= 4 is 54.5 Å². The van der Waals surface area contributed by atoms with E-state index >= 15 is 0 Å². The zero-order chi connectivity index (χ0) is 27.0. The van der Waals surface area contributed by atoms with Crippen LogP contribution in [0.4, 0.5) is 11.4 Å². The van der Waals surface area contributed by atoms with Crippen molar-refractivity contribution < 1.29 is 143 Å². The predicted octanol–water partition coefficient (Wildman–Crippen LogP) is -8.51. The SMILES string of the molecule is Nc1c(-c2nnc(-c3ccc4c([O-])c5ccccc5c([O-])c4c3N)o2)ccc2c([O-])c3ccccc3c([O-])c12.[Na+].[Na+].[Na+].[Na+]. The van der Waals surface area contributed by atoms with Crippen molar-refractivity contribution in [2.24, 2.45) is 0 Å². The molecule has 0 aliphatic rings. The molecule has 0 atom stereocenters. The van der Waals surface area contributed by atoms with Gasteiger partial charge < -0.3 is 36.3 Å². The molecule has 7 rings (SSSR count). The quantitative estimate of drug-likeness (QED) is 0.110. The molecule has 9 nitrogen and oxygen atoms in total. The van der Waals surface area contributed by atoms with E-state index in [9.17, 15) is 20.4 Å². The van der Waals surface area contributed by atoms with Gasteiger partial charge in [0.15, 0.2) is 0 Å². The van der Waals surface area contributed by atoms with Crippen LogP contribution in [-0.4, -0.2) is 10.2 Å². The minimum atomic E-state index is -0.373. The zero-order valence-electron chi connectivity index (χ0n) is 24.0. The fourth-order valence-electron chi connectivity index (χ4n) is 5.24. The molecule has 6 aromatic carbocycles. The number of benzene rings is 6. The van der Waals surface area contributed by atoms with Crippen LogP contribution in [-0.2, 0) is 0 Å². The average Bonchev–Trinajstić information content (AvgIpc) is 3.44. The number of fused-ring (bicyclic) bond motifs is 4. The third-order valence-corrected chi connectivity index (χ3v) is 7.15. The average molecular weight is 604 g/mol. The number of hydrogen-bond acceptors (Lipinski definition) is 9. The molecular weight excluding hydrogens is 588 g/mol. The molecule has 0 saturated heterocycles. The van der Waals surface area contributed by atoms with Gasteiger partial charge in [0.25, 0.3) is 0 Å². The molecule has 0 aliphatic carbocycles. The second kappa shape index (κ2) is 13.7. The molecule has 0 unspecified atom stereocenters. The topological polar surface area (TPSA) is 183 Å². The van der Waals surface area contributed by atoms with Gasteiger partial charge in [-0.2, -0.15) is 0 Å². The standard InChI is InChI=1S/C30H20N4O5.4Na/c31-23-19(11-9-17-21(23)27(37)15-7-3-1-5-13(15)25(17)35)29-33-34-30(39-29)20-12-10-18-22(24(20)32)28(38)16-8-4-2-6-14(16)26(18)36;;;;/h1-12,35-38H,31-32H2;;;;/q;4*+1/p-4. The van der Waals surface area contributed by atoms with Gasteiger partial charge in [0.1, 0.15) is 0 Å². The van der Waals surface area contributed by atoms with Crippen molar-refractivity contribution in [3.8, 4) is 45.9 Å². The van der Waals surface area contributed by atoms with Gasteiger partial charge in [-0.15, -0.1) is 10.2 Å². The minimum Gasteiger partial charge on any atom is -0.872 e. The van der Waals surface area contributed by atoms with E-state index in [0.717, 1.165) is 0 Å². The second-order valence-electron chi connectivity index (χ2n) is 9.22. The van der Waals surface area contributed by atoms with Gasteiger partial charge in [0.2, 0.25) is 11.8 Å². The number of hydrogen-bond donors (Lipinski definition) is 2. The molecule has 0 saturated carbocycles. The Morgan fingerprint density at radius 1 is 0.442 bits per heavy atom.